The van der Waals surface area contributed by atoms with Gasteiger partial charge >= 0.3 is 11.7 Å². The summed E-state index contributed by atoms with van der Waals surface area (Å²) in [6, 6.07) is 0.246. The number of nitrogens with zero attached hydrogens (tertiary/aromatic N) is 4. The zero-order chi connectivity index (χ0) is 20.6. The number of rotatable bonds is 11. The maximum atomic E-state index is 12.4. The number of aromatic amines is 1. The van der Waals surface area contributed by atoms with Gasteiger partial charge in [-0.3, -0.25) is 4.57 Å². The van der Waals surface area contributed by atoms with Crippen molar-refractivity contribution in [3.8, 4) is 6.01 Å². The summed E-state index contributed by atoms with van der Waals surface area (Å²) in [5.74, 6) is 1.01. The van der Waals surface area contributed by atoms with Gasteiger partial charge in [-0.1, -0.05) is 26.7 Å². The third-order valence-corrected chi connectivity index (χ3v) is 5.89. The van der Waals surface area contributed by atoms with E-state index >= 15 is 0 Å². The Morgan fingerprint density at radius 3 is 2.59 bits per heavy atom. The Bertz CT molecular complexity index is 822. The monoisotopic (exact) mass is 404 g/mol. The number of nitrogens with two attached hydrogens (primary N) is 1. The van der Waals surface area contributed by atoms with Crippen molar-refractivity contribution in [3.05, 3.63) is 10.5 Å². The third kappa shape index (κ3) is 5.72. The van der Waals surface area contributed by atoms with Crippen LogP contribution in [0.2, 0.25) is 0 Å². The molecular weight excluding hydrogens is 368 g/mol. The van der Waals surface area contributed by atoms with Gasteiger partial charge in [0.05, 0.1) is 6.61 Å². The summed E-state index contributed by atoms with van der Waals surface area (Å²) < 4.78 is 7.28. The highest BCUT2D eigenvalue weighted by molar-refractivity contribution is 5.81. The maximum Gasteiger partial charge on any atom is 0.327 e. The van der Waals surface area contributed by atoms with Gasteiger partial charge < -0.3 is 20.4 Å². The summed E-state index contributed by atoms with van der Waals surface area (Å²) >= 11 is 0. The van der Waals surface area contributed by atoms with Gasteiger partial charge in [-0.2, -0.15) is 9.97 Å². The van der Waals surface area contributed by atoms with Crippen molar-refractivity contribution >= 4 is 17.0 Å². The van der Waals surface area contributed by atoms with Crippen LogP contribution in [0, 0.1) is 5.92 Å². The number of ether oxygens (including phenoxy) is 1. The van der Waals surface area contributed by atoms with Crippen LogP contribution in [0.15, 0.2) is 4.79 Å². The van der Waals surface area contributed by atoms with Crippen LogP contribution in [0.4, 0.5) is 5.82 Å². The predicted molar refractivity (Wildman–Crippen MR) is 116 cm³/mol. The molecule has 8 heteroatoms. The molecule has 0 atom stereocenters. The highest BCUT2D eigenvalue weighted by atomic mass is 16.5. The first-order chi connectivity index (χ1) is 14.1. The zero-order valence-corrected chi connectivity index (χ0v) is 18.0. The lowest BCUT2D eigenvalue weighted by Gasteiger charge is -2.31. The van der Waals surface area contributed by atoms with Gasteiger partial charge in [0.1, 0.15) is 5.52 Å². The minimum absolute atomic E-state index is 0.180. The van der Waals surface area contributed by atoms with Crippen LogP contribution in [-0.2, 0) is 6.54 Å². The molecule has 0 spiro atoms. The summed E-state index contributed by atoms with van der Waals surface area (Å²) in [5, 5.41) is 0. The molecule has 3 N–H and O–H groups in total. The Balaban J connectivity index is 1.57. The second-order valence-corrected chi connectivity index (χ2v) is 8.15. The van der Waals surface area contributed by atoms with Crippen LogP contribution in [0.1, 0.15) is 65.2 Å². The van der Waals surface area contributed by atoms with Gasteiger partial charge in [0.15, 0.2) is 11.5 Å². The fraction of sp³-hybridized carbons (Fsp3) is 0.762. The van der Waals surface area contributed by atoms with Gasteiger partial charge in [-0.15, -0.1) is 0 Å². The number of hydrogen-bond acceptors (Lipinski definition) is 6. The van der Waals surface area contributed by atoms with Crippen LogP contribution in [0.5, 0.6) is 6.01 Å². The minimum Gasteiger partial charge on any atom is -0.463 e. The van der Waals surface area contributed by atoms with Crippen LogP contribution in [0.25, 0.3) is 11.2 Å². The number of imidazole rings is 1. The highest BCUT2D eigenvalue weighted by Crippen LogP contribution is 2.23. The number of fused-ring (bicyclic) bond motifs is 1. The lowest BCUT2D eigenvalue weighted by Crippen LogP contribution is -2.34. The summed E-state index contributed by atoms with van der Waals surface area (Å²) in [6.45, 7) is 9.18. The molecule has 0 unspecified atom stereocenters. The van der Waals surface area contributed by atoms with Gasteiger partial charge in [-0.05, 0) is 64.1 Å². The molecule has 162 valence electrons. The molecular formula is C21H36N6O2. The number of aryl methyl sites for hydroxylation is 1. The second kappa shape index (κ2) is 10.6. The first-order valence-corrected chi connectivity index (χ1v) is 11.2. The number of unbranched alkanes of at least 4 members (excludes halogenated alkanes) is 2. The van der Waals surface area contributed by atoms with Crippen molar-refractivity contribution in [2.45, 2.75) is 71.8 Å². The quantitative estimate of drug-likeness (QED) is 0.558. The molecule has 0 saturated carbocycles. The van der Waals surface area contributed by atoms with E-state index in [2.05, 4.69) is 33.7 Å². The number of aromatic nitrogens is 4. The molecule has 3 heterocycles. The van der Waals surface area contributed by atoms with E-state index in [0.29, 0.717) is 24.3 Å². The molecule has 1 saturated heterocycles. The molecule has 3 rings (SSSR count). The lowest BCUT2D eigenvalue weighted by atomic mass is 9.92. The minimum atomic E-state index is -0.180. The predicted octanol–water partition coefficient (Wildman–Crippen LogP) is 3.17. The number of piperidine rings is 1. The number of hydrogen-bond donors (Lipinski definition) is 2. The van der Waals surface area contributed by atoms with E-state index in [1.54, 1.807) is 4.57 Å². The maximum absolute atomic E-state index is 12.4. The van der Waals surface area contributed by atoms with Crippen LogP contribution in [0.3, 0.4) is 0 Å². The molecule has 0 aromatic carbocycles. The Kier molecular flexibility index (Phi) is 7.91. The Morgan fingerprint density at radius 1 is 1.10 bits per heavy atom. The van der Waals surface area contributed by atoms with Crippen molar-refractivity contribution in [1.82, 2.24) is 24.4 Å². The number of likely N-dealkylation sites (tertiary alicyclic amines) is 1. The summed E-state index contributed by atoms with van der Waals surface area (Å²) in [5.41, 5.74) is 6.88. The van der Waals surface area contributed by atoms with Crippen molar-refractivity contribution in [2.75, 3.05) is 32.0 Å². The molecule has 29 heavy (non-hydrogen) atoms. The van der Waals surface area contributed by atoms with E-state index in [4.69, 9.17) is 10.5 Å². The molecule has 2 aromatic rings. The largest absolute Gasteiger partial charge is 0.463 e. The average Bonchev–Trinajstić information content (AvgIpc) is 3.04. The smallest absolute Gasteiger partial charge is 0.327 e. The highest BCUT2D eigenvalue weighted by Gasteiger charge is 2.19. The SMILES string of the molecule is CCCCOc1nc(N)c2[nH]c(=O)n(CCCC3CCN(CCCC)CC3)c2n1. The fourth-order valence-corrected chi connectivity index (χ4v) is 4.03. The average molecular weight is 405 g/mol. The van der Waals surface area contributed by atoms with Crippen LogP contribution < -0.4 is 16.2 Å². The zero-order valence-electron chi connectivity index (χ0n) is 18.0. The number of nitrogen functional groups attached to an aromatic ring is 1. The van der Waals surface area contributed by atoms with Crippen molar-refractivity contribution in [3.63, 3.8) is 0 Å². The standard InChI is InChI=1S/C21H36N6O2/c1-3-5-11-26-13-9-16(10-14-26)8-7-12-27-19-17(23-21(27)28)18(22)24-20(25-19)29-15-6-4-2/h16H,3-15H2,1-2H3,(H,23,28)(H2,22,24,25). The van der Waals surface area contributed by atoms with Crippen molar-refractivity contribution < 1.29 is 4.74 Å². The first kappa shape index (κ1) is 21.6. The third-order valence-electron chi connectivity index (χ3n) is 5.89. The Morgan fingerprint density at radius 2 is 1.86 bits per heavy atom. The first-order valence-electron chi connectivity index (χ1n) is 11.2. The molecule has 0 bridgehead atoms. The Hall–Kier alpha value is -2.09. The topological polar surface area (TPSA) is 102 Å². The lowest BCUT2D eigenvalue weighted by molar-refractivity contribution is 0.175. The molecule has 2 aromatic heterocycles. The molecule has 0 amide bonds. The number of anilines is 1. The van der Waals surface area contributed by atoms with E-state index < -0.39 is 0 Å². The van der Waals surface area contributed by atoms with Crippen molar-refractivity contribution in [2.24, 2.45) is 5.92 Å². The number of H-pyrrole nitrogens is 1. The van der Waals surface area contributed by atoms with E-state index in [-0.39, 0.29) is 17.5 Å². The van der Waals surface area contributed by atoms with Crippen LogP contribution >= 0.6 is 0 Å². The van der Waals surface area contributed by atoms with E-state index in [0.717, 1.165) is 31.6 Å². The molecule has 1 aliphatic heterocycles. The molecule has 1 fully saturated rings. The molecule has 8 nitrogen and oxygen atoms in total. The molecule has 0 aliphatic carbocycles. The van der Waals surface area contributed by atoms with Gasteiger partial charge in [0.2, 0.25) is 0 Å². The Labute approximate surface area is 172 Å². The van der Waals surface area contributed by atoms with E-state index in [9.17, 15) is 4.79 Å². The molecule has 0 radical (unpaired) electrons. The summed E-state index contributed by atoms with van der Waals surface area (Å²) in [7, 11) is 0. The second-order valence-electron chi connectivity index (χ2n) is 8.15. The van der Waals surface area contributed by atoms with Crippen LogP contribution in [-0.4, -0.2) is 50.7 Å². The van der Waals surface area contributed by atoms with Gasteiger partial charge in [-0.25, -0.2) is 4.79 Å². The van der Waals surface area contributed by atoms with Gasteiger partial charge in [0, 0.05) is 6.54 Å². The molecule has 1 aliphatic rings. The van der Waals surface area contributed by atoms with E-state index in [1.807, 2.05) is 0 Å². The normalized spacial score (nSPS) is 15.9. The fourth-order valence-electron chi connectivity index (χ4n) is 4.03. The van der Waals surface area contributed by atoms with Gasteiger partial charge in [0.25, 0.3) is 0 Å². The number of nitrogens with one attached hydrogen (secondary N) is 1. The van der Waals surface area contributed by atoms with E-state index in [1.165, 1.54) is 45.3 Å². The summed E-state index contributed by atoms with van der Waals surface area (Å²) in [6.07, 6.45) is 9.14. The van der Waals surface area contributed by atoms with Crippen molar-refractivity contribution in [1.29, 1.82) is 0 Å². The summed E-state index contributed by atoms with van der Waals surface area (Å²) in [4.78, 5) is 26.4.